The van der Waals surface area contributed by atoms with E-state index in [0.717, 1.165) is 5.56 Å². The summed E-state index contributed by atoms with van der Waals surface area (Å²) in [5.74, 6) is 0.606. The fourth-order valence-corrected chi connectivity index (χ4v) is 3.23. The summed E-state index contributed by atoms with van der Waals surface area (Å²) >= 11 is 6.20. The predicted octanol–water partition coefficient (Wildman–Crippen LogP) is 3.31. The number of H-pyrrole nitrogens is 1. The van der Waals surface area contributed by atoms with Gasteiger partial charge in [-0.3, -0.25) is 4.79 Å². The van der Waals surface area contributed by atoms with Crippen LogP contribution < -0.4 is 20.3 Å². The van der Waals surface area contributed by atoms with Crippen LogP contribution in [0.1, 0.15) is 15.9 Å². The lowest BCUT2D eigenvalue weighted by Gasteiger charge is -2.14. The number of fused-ring (bicyclic) bond motifs is 2. The Morgan fingerprint density at radius 1 is 1.26 bits per heavy atom. The van der Waals surface area contributed by atoms with Crippen molar-refractivity contribution in [1.82, 2.24) is 4.98 Å². The van der Waals surface area contributed by atoms with Crippen molar-refractivity contribution in [3.05, 3.63) is 62.9 Å². The first-order valence-electron chi connectivity index (χ1n) is 8.13. The van der Waals surface area contributed by atoms with Crippen LogP contribution in [0.2, 0.25) is 5.02 Å². The predicted molar refractivity (Wildman–Crippen MR) is 101 cm³/mol. The molecule has 0 unspecified atom stereocenters. The smallest absolute Gasteiger partial charge is 0.345 e. The Morgan fingerprint density at radius 2 is 2.07 bits per heavy atom. The molecule has 0 radical (unpaired) electrons. The van der Waals surface area contributed by atoms with E-state index in [1.54, 1.807) is 18.2 Å². The number of nitrogens with one attached hydrogen (secondary N) is 2. The van der Waals surface area contributed by atoms with Crippen molar-refractivity contribution in [2.75, 3.05) is 19.2 Å². The quantitative estimate of drug-likeness (QED) is 0.669. The molecule has 3 aromatic rings. The van der Waals surface area contributed by atoms with E-state index >= 15 is 0 Å². The molecular formula is C19H15ClN2O5. The van der Waals surface area contributed by atoms with Crippen molar-refractivity contribution in [1.29, 1.82) is 0 Å². The van der Waals surface area contributed by atoms with Crippen LogP contribution in [0.4, 0.5) is 5.69 Å². The Balaban J connectivity index is 1.78. The number of ether oxygens (including phenoxy) is 3. The zero-order valence-electron chi connectivity index (χ0n) is 14.3. The second kappa shape index (κ2) is 6.85. The number of aromatic nitrogens is 1. The number of para-hydroxylation sites is 1. The number of hydrogen-bond donors (Lipinski definition) is 2. The first-order valence-corrected chi connectivity index (χ1v) is 8.51. The number of aromatic amines is 1. The number of esters is 1. The Hall–Kier alpha value is -3.19. The molecule has 0 atom stereocenters. The van der Waals surface area contributed by atoms with E-state index in [1.165, 1.54) is 7.11 Å². The van der Waals surface area contributed by atoms with Crippen LogP contribution in [0.15, 0.2) is 41.2 Å². The molecular weight excluding hydrogens is 372 g/mol. The van der Waals surface area contributed by atoms with Crippen molar-refractivity contribution in [2.45, 2.75) is 6.54 Å². The van der Waals surface area contributed by atoms with E-state index in [4.69, 9.17) is 25.8 Å². The molecule has 1 aromatic heterocycles. The fourth-order valence-electron chi connectivity index (χ4n) is 3.01. The molecule has 0 saturated heterocycles. The summed E-state index contributed by atoms with van der Waals surface area (Å²) in [7, 11) is 1.23. The molecule has 7 nitrogen and oxygen atoms in total. The summed E-state index contributed by atoms with van der Waals surface area (Å²) in [5.41, 5.74) is 1.03. The number of pyridine rings is 1. The van der Waals surface area contributed by atoms with Crippen LogP contribution in [0.3, 0.4) is 0 Å². The molecule has 0 fully saturated rings. The van der Waals surface area contributed by atoms with Gasteiger partial charge < -0.3 is 24.5 Å². The van der Waals surface area contributed by atoms with E-state index in [0.29, 0.717) is 39.7 Å². The second-order valence-electron chi connectivity index (χ2n) is 5.90. The number of anilines is 1. The number of methoxy groups -OCH3 is 1. The highest BCUT2D eigenvalue weighted by atomic mass is 35.5. The highest BCUT2D eigenvalue weighted by molar-refractivity contribution is 6.35. The summed E-state index contributed by atoms with van der Waals surface area (Å²) in [6.07, 6.45) is 0. The molecule has 2 aromatic carbocycles. The first-order chi connectivity index (χ1) is 13.1. The number of rotatable bonds is 4. The third kappa shape index (κ3) is 3.06. The Kier molecular flexibility index (Phi) is 4.37. The maximum atomic E-state index is 12.5. The lowest BCUT2D eigenvalue weighted by Crippen LogP contribution is -2.22. The average Bonchev–Trinajstić information content (AvgIpc) is 3.14. The Bertz CT molecular complexity index is 1110. The summed E-state index contributed by atoms with van der Waals surface area (Å²) in [4.78, 5) is 27.3. The summed E-state index contributed by atoms with van der Waals surface area (Å²) in [6, 6.07) is 10.7. The Labute approximate surface area is 158 Å². The van der Waals surface area contributed by atoms with Gasteiger partial charge in [-0.05, 0) is 23.8 Å². The molecule has 1 aliphatic heterocycles. The van der Waals surface area contributed by atoms with Gasteiger partial charge in [0.15, 0.2) is 11.5 Å². The van der Waals surface area contributed by atoms with E-state index in [2.05, 4.69) is 10.3 Å². The van der Waals surface area contributed by atoms with Gasteiger partial charge >= 0.3 is 5.97 Å². The first kappa shape index (κ1) is 17.2. The van der Waals surface area contributed by atoms with Gasteiger partial charge in [0.1, 0.15) is 5.56 Å². The van der Waals surface area contributed by atoms with E-state index in [9.17, 15) is 9.59 Å². The topological polar surface area (TPSA) is 89.7 Å². The van der Waals surface area contributed by atoms with Crippen molar-refractivity contribution in [3.8, 4) is 11.5 Å². The zero-order valence-corrected chi connectivity index (χ0v) is 15.1. The summed E-state index contributed by atoms with van der Waals surface area (Å²) in [6.45, 7) is 0.543. The number of carbonyl (C=O) groups excluding carboxylic acids is 1. The largest absolute Gasteiger partial charge is 0.465 e. The van der Waals surface area contributed by atoms with Crippen LogP contribution in [0.5, 0.6) is 11.5 Å². The molecule has 2 heterocycles. The molecule has 27 heavy (non-hydrogen) atoms. The van der Waals surface area contributed by atoms with Gasteiger partial charge in [-0.25, -0.2) is 4.79 Å². The normalized spacial score (nSPS) is 12.2. The lowest BCUT2D eigenvalue weighted by atomic mass is 10.1. The van der Waals surface area contributed by atoms with E-state index in [1.807, 2.05) is 18.2 Å². The minimum Gasteiger partial charge on any atom is -0.465 e. The van der Waals surface area contributed by atoms with Crippen LogP contribution in [-0.4, -0.2) is 24.9 Å². The minimum absolute atomic E-state index is 0.104. The maximum Gasteiger partial charge on any atom is 0.345 e. The SMILES string of the molecule is COC(=O)c1c(NCc2ccc3c(c2)OCO3)c2cccc(Cl)c2[nH]c1=O. The molecule has 1 aliphatic rings. The summed E-state index contributed by atoms with van der Waals surface area (Å²) < 4.78 is 15.5. The van der Waals surface area contributed by atoms with Crippen molar-refractivity contribution in [3.63, 3.8) is 0 Å². The van der Waals surface area contributed by atoms with Crippen molar-refractivity contribution in [2.24, 2.45) is 0 Å². The minimum atomic E-state index is -0.730. The van der Waals surface area contributed by atoms with Gasteiger partial charge in [-0.1, -0.05) is 29.8 Å². The molecule has 0 aliphatic carbocycles. The molecule has 138 valence electrons. The number of carbonyl (C=O) groups is 1. The molecule has 0 spiro atoms. The highest BCUT2D eigenvalue weighted by Gasteiger charge is 2.21. The third-order valence-corrected chi connectivity index (χ3v) is 4.61. The van der Waals surface area contributed by atoms with Gasteiger partial charge in [0.05, 0.1) is 23.3 Å². The molecule has 8 heteroatoms. The number of hydrogen-bond acceptors (Lipinski definition) is 6. The summed E-state index contributed by atoms with van der Waals surface area (Å²) in [5, 5.41) is 4.17. The zero-order chi connectivity index (χ0) is 19.0. The third-order valence-electron chi connectivity index (χ3n) is 4.29. The average molecular weight is 387 g/mol. The molecule has 4 rings (SSSR count). The van der Waals surface area contributed by atoms with Gasteiger partial charge in [0.2, 0.25) is 6.79 Å². The van der Waals surface area contributed by atoms with E-state index < -0.39 is 11.5 Å². The number of halogens is 1. The maximum absolute atomic E-state index is 12.5. The molecule has 0 saturated carbocycles. The molecule has 0 amide bonds. The van der Waals surface area contributed by atoms with Gasteiger partial charge in [-0.15, -0.1) is 0 Å². The monoisotopic (exact) mass is 386 g/mol. The van der Waals surface area contributed by atoms with Crippen LogP contribution in [-0.2, 0) is 11.3 Å². The van der Waals surface area contributed by atoms with Crippen molar-refractivity contribution < 1.29 is 19.0 Å². The molecule has 0 bridgehead atoms. The standard InChI is InChI=1S/C19H15ClN2O5/c1-25-19(24)15-17(11-3-2-4-12(20)16(11)22-18(15)23)21-8-10-5-6-13-14(7-10)27-9-26-13/h2-7H,8-9H2,1H3,(H2,21,22,23). The van der Waals surface area contributed by atoms with Crippen LogP contribution in [0.25, 0.3) is 10.9 Å². The van der Waals surface area contributed by atoms with Gasteiger partial charge in [-0.2, -0.15) is 0 Å². The van der Waals surface area contributed by atoms with Gasteiger partial charge in [0.25, 0.3) is 5.56 Å². The lowest BCUT2D eigenvalue weighted by molar-refractivity contribution is 0.0600. The number of benzene rings is 2. The Morgan fingerprint density at radius 3 is 2.89 bits per heavy atom. The van der Waals surface area contributed by atoms with E-state index in [-0.39, 0.29) is 12.4 Å². The van der Waals surface area contributed by atoms with Crippen LogP contribution in [0, 0.1) is 0 Å². The second-order valence-corrected chi connectivity index (χ2v) is 6.31. The highest BCUT2D eigenvalue weighted by Crippen LogP contribution is 2.33. The molecule has 2 N–H and O–H groups in total. The van der Waals surface area contributed by atoms with Crippen LogP contribution >= 0.6 is 11.6 Å². The van der Waals surface area contributed by atoms with Gasteiger partial charge in [0, 0.05) is 11.9 Å². The fraction of sp³-hybridized carbons (Fsp3) is 0.158. The van der Waals surface area contributed by atoms with Crippen molar-refractivity contribution >= 4 is 34.2 Å².